The number of piperidine rings is 1. The van der Waals surface area contributed by atoms with Crippen LogP contribution in [0.2, 0.25) is 0 Å². The molecule has 1 unspecified atom stereocenters. The summed E-state index contributed by atoms with van der Waals surface area (Å²) in [4.78, 5) is 12.1. The van der Waals surface area contributed by atoms with E-state index in [0.717, 1.165) is 53.5 Å². The molecule has 2 aliphatic rings. The van der Waals surface area contributed by atoms with Crippen LogP contribution < -0.4 is 4.74 Å². The summed E-state index contributed by atoms with van der Waals surface area (Å²) in [5.41, 5.74) is 3.37. The maximum Gasteiger partial charge on any atom is 0.171 e. The van der Waals surface area contributed by atoms with Crippen LogP contribution in [-0.4, -0.2) is 57.3 Å². The lowest BCUT2D eigenvalue weighted by atomic mass is 9.93. The van der Waals surface area contributed by atoms with Gasteiger partial charge in [-0.2, -0.15) is 0 Å². The Labute approximate surface area is 177 Å². The van der Waals surface area contributed by atoms with Gasteiger partial charge in [-0.3, -0.25) is 0 Å². The Kier molecular flexibility index (Phi) is 5.56. The SMILES string of the molecule is COc1cc(/C=C2\CCCN3C2=NOCC3CC(C)(C)O)ccc1-n1cnc(C)c1. The predicted octanol–water partition coefficient (Wildman–Crippen LogP) is 3.54. The summed E-state index contributed by atoms with van der Waals surface area (Å²) in [5.74, 6) is 1.67. The van der Waals surface area contributed by atoms with Gasteiger partial charge in [0.05, 0.1) is 36.5 Å². The van der Waals surface area contributed by atoms with E-state index >= 15 is 0 Å². The topological polar surface area (TPSA) is 72.1 Å². The molecule has 2 aliphatic heterocycles. The number of hydrogen-bond donors (Lipinski definition) is 1. The maximum atomic E-state index is 10.3. The van der Waals surface area contributed by atoms with E-state index in [4.69, 9.17) is 9.57 Å². The Morgan fingerprint density at radius 1 is 1.37 bits per heavy atom. The van der Waals surface area contributed by atoms with Crippen LogP contribution in [0.25, 0.3) is 11.8 Å². The van der Waals surface area contributed by atoms with E-state index in [1.165, 1.54) is 0 Å². The molecule has 0 bridgehead atoms. The van der Waals surface area contributed by atoms with Gasteiger partial charge in [0.1, 0.15) is 12.4 Å². The van der Waals surface area contributed by atoms with E-state index in [1.54, 1.807) is 13.4 Å². The van der Waals surface area contributed by atoms with Crippen LogP contribution in [0.15, 0.2) is 41.5 Å². The predicted molar refractivity (Wildman–Crippen MR) is 117 cm³/mol. The van der Waals surface area contributed by atoms with Gasteiger partial charge in [0.15, 0.2) is 5.84 Å². The highest BCUT2D eigenvalue weighted by Crippen LogP contribution is 2.31. The van der Waals surface area contributed by atoms with E-state index in [9.17, 15) is 5.11 Å². The van der Waals surface area contributed by atoms with Crippen LogP contribution in [0.1, 0.15) is 44.4 Å². The molecule has 7 nitrogen and oxygen atoms in total. The van der Waals surface area contributed by atoms with E-state index in [1.807, 2.05) is 43.7 Å². The van der Waals surface area contributed by atoms with Crippen LogP contribution >= 0.6 is 0 Å². The van der Waals surface area contributed by atoms with E-state index in [0.29, 0.717) is 13.0 Å². The minimum atomic E-state index is -0.743. The first-order valence-corrected chi connectivity index (χ1v) is 10.4. The monoisotopic (exact) mass is 410 g/mol. The third kappa shape index (κ3) is 4.36. The fourth-order valence-electron chi connectivity index (χ4n) is 4.22. The number of methoxy groups -OCH3 is 1. The van der Waals surface area contributed by atoms with Crippen LogP contribution in [0.5, 0.6) is 5.75 Å². The standard InChI is InChI=1S/C23H30N4O3/c1-16-13-26(15-24-16)20-8-7-17(11-21(20)29-4)10-18-6-5-9-27-19(12-23(2,3)28)14-30-25-22(18)27/h7-8,10-11,13,15,19,28H,5-6,9,12,14H2,1-4H3/b18-10+. The molecule has 1 aromatic carbocycles. The average Bonchev–Trinajstić information content (AvgIpc) is 3.13. The van der Waals surface area contributed by atoms with Crippen molar-refractivity contribution in [3.05, 3.63) is 47.6 Å². The second-order valence-corrected chi connectivity index (χ2v) is 8.70. The molecule has 4 rings (SSSR count). The van der Waals surface area contributed by atoms with Crippen molar-refractivity contribution in [3.63, 3.8) is 0 Å². The average molecular weight is 411 g/mol. The number of imidazole rings is 1. The normalized spacial score (nSPS) is 20.6. The van der Waals surface area contributed by atoms with E-state index in [2.05, 4.69) is 27.2 Å². The lowest BCUT2D eigenvalue weighted by molar-refractivity contribution is -0.0000288. The molecule has 0 spiro atoms. The molecule has 1 atom stereocenters. The summed E-state index contributed by atoms with van der Waals surface area (Å²) in [6.45, 7) is 7.09. The van der Waals surface area contributed by atoms with Gasteiger partial charge in [0.2, 0.25) is 0 Å². The molecular weight excluding hydrogens is 380 g/mol. The molecule has 0 radical (unpaired) electrons. The van der Waals surface area contributed by atoms with Gasteiger partial charge < -0.3 is 24.1 Å². The smallest absolute Gasteiger partial charge is 0.171 e. The molecule has 0 aliphatic carbocycles. The Morgan fingerprint density at radius 3 is 2.90 bits per heavy atom. The molecule has 1 aromatic heterocycles. The number of aromatic nitrogens is 2. The van der Waals surface area contributed by atoms with Crippen molar-refractivity contribution in [1.82, 2.24) is 14.5 Å². The third-order valence-corrected chi connectivity index (χ3v) is 5.53. The van der Waals surface area contributed by atoms with Gasteiger partial charge in [-0.05, 0) is 69.4 Å². The summed E-state index contributed by atoms with van der Waals surface area (Å²) in [6, 6.07) is 6.29. The lowest BCUT2D eigenvalue weighted by Gasteiger charge is -2.41. The van der Waals surface area contributed by atoms with Crippen LogP contribution in [0.3, 0.4) is 0 Å². The van der Waals surface area contributed by atoms with Crippen molar-refractivity contribution in [3.8, 4) is 11.4 Å². The van der Waals surface area contributed by atoms with Crippen LogP contribution in [-0.2, 0) is 4.84 Å². The molecule has 30 heavy (non-hydrogen) atoms. The molecule has 1 fully saturated rings. The van der Waals surface area contributed by atoms with Crippen LogP contribution in [0.4, 0.5) is 0 Å². The Balaban J connectivity index is 1.62. The molecule has 160 valence electrons. The van der Waals surface area contributed by atoms with Gasteiger partial charge in [0.25, 0.3) is 0 Å². The van der Waals surface area contributed by atoms with Crippen molar-refractivity contribution in [2.45, 2.75) is 51.7 Å². The van der Waals surface area contributed by atoms with Crippen molar-refractivity contribution >= 4 is 11.9 Å². The Morgan fingerprint density at radius 2 is 2.20 bits per heavy atom. The Bertz CT molecular complexity index is 971. The molecule has 0 saturated carbocycles. The van der Waals surface area contributed by atoms with Crippen molar-refractivity contribution in [2.75, 3.05) is 20.3 Å². The van der Waals surface area contributed by atoms with Crippen molar-refractivity contribution < 1.29 is 14.7 Å². The number of ether oxygens (including phenoxy) is 1. The van der Waals surface area contributed by atoms with E-state index < -0.39 is 5.60 Å². The fraction of sp³-hybridized carbons (Fsp3) is 0.478. The number of hydrogen-bond acceptors (Lipinski definition) is 6. The van der Waals surface area contributed by atoms with E-state index in [-0.39, 0.29) is 6.04 Å². The zero-order valence-electron chi connectivity index (χ0n) is 18.1. The van der Waals surface area contributed by atoms with Gasteiger partial charge in [-0.1, -0.05) is 11.2 Å². The number of rotatable bonds is 5. The third-order valence-electron chi connectivity index (χ3n) is 5.53. The first-order chi connectivity index (χ1) is 14.3. The summed E-state index contributed by atoms with van der Waals surface area (Å²) < 4.78 is 7.61. The zero-order valence-corrected chi connectivity index (χ0v) is 18.1. The number of aliphatic hydroxyl groups is 1. The lowest BCUT2D eigenvalue weighted by Crippen LogP contribution is -2.51. The minimum absolute atomic E-state index is 0.127. The largest absolute Gasteiger partial charge is 0.495 e. The minimum Gasteiger partial charge on any atom is -0.495 e. The molecule has 1 N–H and O–H groups in total. The summed E-state index contributed by atoms with van der Waals surface area (Å²) in [5, 5.41) is 14.7. The summed E-state index contributed by atoms with van der Waals surface area (Å²) in [7, 11) is 1.68. The van der Waals surface area contributed by atoms with Gasteiger partial charge in [-0.15, -0.1) is 0 Å². The molecule has 7 heteroatoms. The molecule has 2 aromatic rings. The second kappa shape index (κ2) is 8.14. The highest BCUT2D eigenvalue weighted by molar-refractivity contribution is 6.02. The van der Waals surface area contributed by atoms with Gasteiger partial charge in [0, 0.05) is 12.7 Å². The number of aryl methyl sites for hydroxylation is 1. The van der Waals surface area contributed by atoms with Crippen molar-refractivity contribution in [2.24, 2.45) is 5.16 Å². The number of oxime groups is 1. The maximum absolute atomic E-state index is 10.3. The Hall–Kier alpha value is -2.80. The number of amidine groups is 1. The van der Waals surface area contributed by atoms with Crippen molar-refractivity contribution in [1.29, 1.82) is 0 Å². The summed E-state index contributed by atoms with van der Waals surface area (Å²) >= 11 is 0. The number of nitrogens with zero attached hydrogens (tertiary/aromatic N) is 4. The first-order valence-electron chi connectivity index (χ1n) is 10.4. The zero-order chi connectivity index (χ0) is 21.3. The molecular formula is C23H30N4O3. The van der Waals surface area contributed by atoms with Gasteiger partial charge >= 0.3 is 0 Å². The highest BCUT2D eigenvalue weighted by Gasteiger charge is 2.34. The first kappa shape index (κ1) is 20.5. The second-order valence-electron chi connectivity index (χ2n) is 8.70. The fourth-order valence-corrected chi connectivity index (χ4v) is 4.22. The molecule has 1 saturated heterocycles. The van der Waals surface area contributed by atoms with Gasteiger partial charge in [-0.25, -0.2) is 4.98 Å². The quantitative estimate of drug-likeness (QED) is 0.816. The number of benzene rings is 1. The molecule has 0 amide bonds. The van der Waals surface area contributed by atoms with Crippen LogP contribution in [0, 0.1) is 6.92 Å². The molecule has 3 heterocycles. The number of fused-ring (bicyclic) bond motifs is 1. The highest BCUT2D eigenvalue weighted by atomic mass is 16.6. The summed E-state index contributed by atoms with van der Waals surface area (Å²) in [6.07, 6.45) is 8.57.